The first-order chi connectivity index (χ1) is 11.6. The predicted octanol–water partition coefficient (Wildman–Crippen LogP) is 3.46. The molecule has 0 radical (unpaired) electrons. The molecule has 0 fully saturated rings. The molecule has 0 atom stereocenters. The van der Waals surface area contributed by atoms with Gasteiger partial charge in [-0.15, -0.1) is 0 Å². The number of alkyl halides is 2. The third kappa shape index (κ3) is 5.87. The number of aryl methyl sites for hydroxylation is 1. The van der Waals surface area contributed by atoms with E-state index in [0.717, 1.165) is 11.1 Å². The van der Waals surface area contributed by atoms with Crippen LogP contribution in [0.2, 0.25) is 0 Å². The van der Waals surface area contributed by atoms with Crippen molar-refractivity contribution < 1.29 is 13.5 Å². The summed E-state index contributed by atoms with van der Waals surface area (Å²) in [6.07, 6.45) is 0. The van der Waals surface area contributed by atoms with Crippen molar-refractivity contribution in [2.24, 2.45) is 4.99 Å². The summed E-state index contributed by atoms with van der Waals surface area (Å²) in [6, 6.07) is 14.8. The summed E-state index contributed by atoms with van der Waals surface area (Å²) in [7, 11) is 1.68. The number of guanidine groups is 1. The van der Waals surface area contributed by atoms with Crippen LogP contribution in [0.25, 0.3) is 0 Å². The summed E-state index contributed by atoms with van der Waals surface area (Å²) < 4.78 is 28.9. The summed E-state index contributed by atoms with van der Waals surface area (Å²) in [5.74, 6) is 0.781. The highest BCUT2D eigenvalue weighted by Gasteiger charge is 2.05. The van der Waals surface area contributed by atoms with E-state index in [0.29, 0.717) is 19.0 Å². The van der Waals surface area contributed by atoms with E-state index >= 15 is 0 Å². The molecule has 4 nitrogen and oxygen atoms in total. The molecule has 2 N–H and O–H groups in total. The second-order valence-electron chi connectivity index (χ2n) is 5.29. The molecule has 128 valence electrons. The molecule has 0 unspecified atom stereocenters. The molecule has 2 rings (SSSR count). The SMILES string of the molecule is CN=C(NCc1cccc(C)c1)NCc1cccc(OC(F)F)c1. The number of nitrogens with one attached hydrogen (secondary N) is 2. The molecule has 0 amide bonds. The van der Waals surface area contributed by atoms with Gasteiger partial charge >= 0.3 is 6.61 Å². The van der Waals surface area contributed by atoms with Gasteiger partial charge in [-0.2, -0.15) is 8.78 Å². The Morgan fingerprint density at radius 3 is 2.25 bits per heavy atom. The number of hydrogen-bond donors (Lipinski definition) is 2. The lowest BCUT2D eigenvalue weighted by Crippen LogP contribution is -2.36. The van der Waals surface area contributed by atoms with Gasteiger partial charge in [0.15, 0.2) is 5.96 Å². The van der Waals surface area contributed by atoms with Crippen LogP contribution in [0.4, 0.5) is 8.78 Å². The van der Waals surface area contributed by atoms with Crippen LogP contribution in [0.15, 0.2) is 53.5 Å². The molecule has 24 heavy (non-hydrogen) atoms. The van der Waals surface area contributed by atoms with Crippen LogP contribution in [-0.4, -0.2) is 19.6 Å². The zero-order valence-electron chi connectivity index (χ0n) is 13.7. The standard InChI is InChI=1S/C18H21F2N3O/c1-13-5-3-6-14(9-13)11-22-18(21-2)23-12-15-7-4-8-16(10-15)24-17(19)20/h3-10,17H,11-12H2,1-2H3,(H2,21,22,23). The van der Waals surface area contributed by atoms with Crippen LogP contribution in [0.3, 0.4) is 0 Å². The Morgan fingerprint density at radius 2 is 1.67 bits per heavy atom. The molecule has 0 aromatic heterocycles. The predicted molar refractivity (Wildman–Crippen MR) is 91.3 cm³/mol. The van der Waals surface area contributed by atoms with E-state index in [2.05, 4.69) is 26.4 Å². The number of aliphatic imine (C=N–C) groups is 1. The van der Waals surface area contributed by atoms with Crippen LogP contribution in [0, 0.1) is 6.92 Å². The van der Waals surface area contributed by atoms with Gasteiger partial charge in [0, 0.05) is 20.1 Å². The second-order valence-corrected chi connectivity index (χ2v) is 5.29. The van der Waals surface area contributed by atoms with Gasteiger partial charge in [-0.1, -0.05) is 42.0 Å². The van der Waals surface area contributed by atoms with Crippen LogP contribution >= 0.6 is 0 Å². The monoisotopic (exact) mass is 333 g/mol. The van der Waals surface area contributed by atoms with Crippen LogP contribution in [-0.2, 0) is 13.1 Å². The van der Waals surface area contributed by atoms with E-state index in [1.807, 2.05) is 31.2 Å². The molecule has 2 aromatic carbocycles. The molecule has 0 bridgehead atoms. The summed E-state index contributed by atoms with van der Waals surface area (Å²) in [6.45, 7) is 0.325. The summed E-state index contributed by atoms with van der Waals surface area (Å²) in [5, 5.41) is 6.36. The normalized spacial score (nSPS) is 11.5. The van der Waals surface area contributed by atoms with Gasteiger partial charge in [-0.05, 0) is 30.2 Å². The van der Waals surface area contributed by atoms with E-state index in [1.165, 1.54) is 11.6 Å². The lowest BCUT2D eigenvalue weighted by Gasteiger charge is -2.13. The number of halogens is 2. The average Bonchev–Trinajstić information content (AvgIpc) is 2.55. The molecule has 0 heterocycles. The first-order valence-electron chi connectivity index (χ1n) is 7.60. The minimum Gasteiger partial charge on any atom is -0.435 e. The largest absolute Gasteiger partial charge is 0.435 e. The highest BCUT2D eigenvalue weighted by Crippen LogP contribution is 2.15. The zero-order chi connectivity index (χ0) is 17.4. The first-order valence-corrected chi connectivity index (χ1v) is 7.60. The number of nitrogens with zero attached hydrogens (tertiary/aromatic N) is 1. The molecule has 0 spiro atoms. The summed E-state index contributed by atoms with van der Waals surface area (Å²) in [4.78, 5) is 4.15. The van der Waals surface area contributed by atoms with Crippen molar-refractivity contribution in [2.45, 2.75) is 26.6 Å². The van der Waals surface area contributed by atoms with E-state index in [-0.39, 0.29) is 5.75 Å². The summed E-state index contributed by atoms with van der Waals surface area (Å²) >= 11 is 0. The Morgan fingerprint density at radius 1 is 1.04 bits per heavy atom. The molecular weight excluding hydrogens is 312 g/mol. The Kier molecular flexibility index (Phi) is 6.54. The van der Waals surface area contributed by atoms with E-state index < -0.39 is 6.61 Å². The van der Waals surface area contributed by atoms with Crippen molar-refractivity contribution >= 4 is 5.96 Å². The maximum absolute atomic E-state index is 12.2. The molecule has 2 aromatic rings. The molecule has 0 aliphatic rings. The van der Waals surface area contributed by atoms with Gasteiger partial charge in [0.25, 0.3) is 0 Å². The molecule has 0 saturated carbocycles. The van der Waals surface area contributed by atoms with Gasteiger partial charge in [0.2, 0.25) is 0 Å². The average molecular weight is 333 g/mol. The minimum absolute atomic E-state index is 0.145. The number of benzene rings is 2. The van der Waals surface area contributed by atoms with Crippen molar-refractivity contribution in [1.29, 1.82) is 0 Å². The maximum Gasteiger partial charge on any atom is 0.387 e. The highest BCUT2D eigenvalue weighted by molar-refractivity contribution is 5.79. The molecule has 6 heteroatoms. The smallest absolute Gasteiger partial charge is 0.387 e. The van der Waals surface area contributed by atoms with E-state index in [4.69, 9.17) is 0 Å². The minimum atomic E-state index is -2.82. The van der Waals surface area contributed by atoms with E-state index in [9.17, 15) is 8.78 Å². The molecular formula is C18H21F2N3O. The zero-order valence-corrected chi connectivity index (χ0v) is 13.7. The molecule has 0 aliphatic carbocycles. The van der Waals surface area contributed by atoms with Crippen molar-refractivity contribution in [1.82, 2.24) is 10.6 Å². The van der Waals surface area contributed by atoms with Crippen molar-refractivity contribution in [3.63, 3.8) is 0 Å². The maximum atomic E-state index is 12.2. The van der Waals surface area contributed by atoms with Crippen LogP contribution < -0.4 is 15.4 Å². The fourth-order valence-corrected chi connectivity index (χ4v) is 2.25. The highest BCUT2D eigenvalue weighted by atomic mass is 19.3. The van der Waals surface area contributed by atoms with E-state index in [1.54, 1.807) is 19.2 Å². The third-order valence-electron chi connectivity index (χ3n) is 3.35. The lowest BCUT2D eigenvalue weighted by atomic mass is 10.1. The Hall–Kier alpha value is -2.63. The number of hydrogen-bond acceptors (Lipinski definition) is 2. The van der Waals surface area contributed by atoms with Crippen LogP contribution in [0.5, 0.6) is 5.75 Å². The van der Waals surface area contributed by atoms with Crippen molar-refractivity contribution in [2.75, 3.05) is 7.05 Å². The molecule has 0 aliphatic heterocycles. The molecule has 0 saturated heterocycles. The number of ether oxygens (including phenoxy) is 1. The number of rotatable bonds is 6. The lowest BCUT2D eigenvalue weighted by molar-refractivity contribution is -0.0498. The topological polar surface area (TPSA) is 45.7 Å². The quantitative estimate of drug-likeness (QED) is 0.629. The van der Waals surface area contributed by atoms with Crippen LogP contribution in [0.1, 0.15) is 16.7 Å². The first kappa shape index (κ1) is 17.7. The van der Waals surface area contributed by atoms with Crippen molar-refractivity contribution in [3.8, 4) is 5.75 Å². The fourth-order valence-electron chi connectivity index (χ4n) is 2.25. The van der Waals surface area contributed by atoms with Crippen molar-refractivity contribution in [3.05, 3.63) is 65.2 Å². The van der Waals surface area contributed by atoms with Gasteiger partial charge in [0.1, 0.15) is 5.75 Å². The Bertz CT molecular complexity index is 689. The second kappa shape index (κ2) is 8.86. The van der Waals surface area contributed by atoms with Gasteiger partial charge < -0.3 is 15.4 Å². The Balaban J connectivity index is 1.87. The fraction of sp³-hybridized carbons (Fsp3) is 0.278. The Labute approximate surface area is 140 Å². The third-order valence-corrected chi connectivity index (χ3v) is 3.35. The summed E-state index contributed by atoms with van der Waals surface area (Å²) in [5.41, 5.74) is 3.19. The van der Waals surface area contributed by atoms with Gasteiger partial charge in [0.05, 0.1) is 0 Å². The van der Waals surface area contributed by atoms with Gasteiger partial charge in [-0.3, -0.25) is 4.99 Å². The van der Waals surface area contributed by atoms with Gasteiger partial charge in [-0.25, -0.2) is 0 Å².